The summed E-state index contributed by atoms with van der Waals surface area (Å²) in [5.41, 5.74) is 2.09. The standard InChI is InChI=1S/C19H25ClN4/c1-19(2,16-9-4-5-10-17(16)20)14-24-18(21-3)23-13-11-15-8-6-7-12-22-15/h4-10,12H,11,13-14H2,1-3H3,(H2,21,23,24). The van der Waals surface area contributed by atoms with Gasteiger partial charge in [0.15, 0.2) is 5.96 Å². The van der Waals surface area contributed by atoms with Crippen molar-refractivity contribution in [2.24, 2.45) is 4.99 Å². The summed E-state index contributed by atoms with van der Waals surface area (Å²) >= 11 is 6.33. The summed E-state index contributed by atoms with van der Waals surface area (Å²) < 4.78 is 0. The van der Waals surface area contributed by atoms with E-state index in [1.54, 1.807) is 7.05 Å². The Morgan fingerprint density at radius 2 is 1.88 bits per heavy atom. The zero-order chi connectivity index (χ0) is 17.4. The van der Waals surface area contributed by atoms with Gasteiger partial charge in [-0.05, 0) is 23.8 Å². The van der Waals surface area contributed by atoms with E-state index in [0.29, 0.717) is 0 Å². The summed E-state index contributed by atoms with van der Waals surface area (Å²) in [6, 6.07) is 13.9. The highest BCUT2D eigenvalue weighted by Gasteiger charge is 2.23. The Morgan fingerprint density at radius 3 is 2.54 bits per heavy atom. The molecule has 0 saturated carbocycles. The third-order valence-corrected chi connectivity index (χ3v) is 4.25. The smallest absolute Gasteiger partial charge is 0.191 e. The van der Waals surface area contributed by atoms with Gasteiger partial charge in [-0.2, -0.15) is 0 Å². The van der Waals surface area contributed by atoms with Crippen molar-refractivity contribution >= 4 is 17.6 Å². The lowest BCUT2D eigenvalue weighted by atomic mass is 9.84. The van der Waals surface area contributed by atoms with E-state index in [-0.39, 0.29) is 5.41 Å². The fourth-order valence-electron chi connectivity index (χ4n) is 2.49. The van der Waals surface area contributed by atoms with Crippen LogP contribution in [0.3, 0.4) is 0 Å². The Hall–Kier alpha value is -2.07. The van der Waals surface area contributed by atoms with Gasteiger partial charge in [0.05, 0.1) is 0 Å². The van der Waals surface area contributed by atoms with Gasteiger partial charge in [0, 0.05) is 48.9 Å². The molecule has 5 heteroatoms. The Morgan fingerprint density at radius 1 is 1.12 bits per heavy atom. The molecular formula is C19H25ClN4. The van der Waals surface area contributed by atoms with Gasteiger partial charge in [-0.3, -0.25) is 9.98 Å². The fraction of sp³-hybridized carbons (Fsp3) is 0.368. The Labute approximate surface area is 149 Å². The second kappa shape index (κ2) is 8.69. The minimum Gasteiger partial charge on any atom is -0.356 e. The number of aromatic nitrogens is 1. The molecule has 128 valence electrons. The van der Waals surface area contributed by atoms with Gasteiger partial charge in [-0.1, -0.05) is 49.7 Å². The summed E-state index contributed by atoms with van der Waals surface area (Å²) in [6.45, 7) is 5.86. The van der Waals surface area contributed by atoms with Crippen LogP contribution in [0.15, 0.2) is 53.7 Å². The van der Waals surface area contributed by atoms with Crippen molar-refractivity contribution in [3.05, 3.63) is 64.9 Å². The van der Waals surface area contributed by atoms with Gasteiger partial charge in [-0.15, -0.1) is 0 Å². The van der Waals surface area contributed by atoms with Crippen LogP contribution in [-0.4, -0.2) is 31.1 Å². The quantitative estimate of drug-likeness (QED) is 0.623. The summed E-state index contributed by atoms with van der Waals surface area (Å²) in [5, 5.41) is 7.50. The second-order valence-electron chi connectivity index (χ2n) is 6.29. The molecule has 24 heavy (non-hydrogen) atoms. The highest BCUT2D eigenvalue weighted by molar-refractivity contribution is 6.31. The van der Waals surface area contributed by atoms with Crippen LogP contribution in [0.4, 0.5) is 0 Å². The van der Waals surface area contributed by atoms with Gasteiger partial charge in [0.2, 0.25) is 0 Å². The minimum atomic E-state index is -0.100. The maximum atomic E-state index is 6.33. The van der Waals surface area contributed by atoms with Crippen LogP contribution in [0.2, 0.25) is 5.02 Å². The van der Waals surface area contributed by atoms with E-state index >= 15 is 0 Å². The van der Waals surface area contributed by atoms with Crippen LogP contribution in [-0.2, 0) is 11.8 Å². The highest BCUT2D eigenvalue weighted by Crippen LogP contribution is 2.28. The molecular weight excluding hydrogens is 320 g/mol. The molecule has 0 radical (unpaired) electrons. The zero-order valence-corrected chi connectivity index (χ0v) is 15.3. The molecule has 0 fully saturated rings. The van der Waals surface area contributed by atoms with Crippen molar-refractivity contribution in [2.45, 2.75) is 25.7 Å². The lowest BCUT2D eigenvalue weighted by Crippen LogP contribution is -2.44. The van der Waals surface area contributed by atoms with E-state index in [9.17, 15) is 0 Å². The van der Waals surface area contributed by atoms with E-state index in [1.165, 1.54) is 0 Å². The number of halogens is 1. The predicted octanol–water partition coefficient (Wildman–Crippen LogP) is 3.42. The topological polar surface area (TPSA) is 49.3 Å². The van der Waals surface area contributed by atoms with Crippen LogP contribution in [0.25, 0.3) is 0 Å². The van der Waals surface area contributed by atoms with Crippen LogP contribution < -0.4 is 10.6 Å². The molecule has 0 bridgehead atoms. The first kappa shape index (κ1) is 18.3. The molecule has 2 N–H and O–H groups in total. The highest BCUT2D eigenvalue weighted by atomic mass is 35.5. The zero-order valence-electron chi connectivity index (χ0n) is 14.5. The molecule has 1 aromatic carbocycles. The molecule has 2 aromatic rings. The summed E-state index contributed by atoms with van der Waals surface area (Å²) in [4.78, 5) is 8.60. The normalized spacial score (nSPS) is 12.1. The Kier molecular flexibility index (Phi) is 6.62. The number of nitrogens with zero attached hydrogens (tertiary/aromatic N) is 2. The van der Waals surface area contributed by atoms with Crippen LogP contribution in [0.5, 0.6) is 0 Å². The molecule has 0 spiro atoms. The van der Waals surface area contributed by atoms with Gasteiger partial charge >= 0.3 is 0 Å². The lowest BCUT2D eigenvalue weighted by Gasteiger charge is -2.27. The van der Waals surface area contributed by atoms with Crippen molar-refractivity contribution in [1.82, 2.24) is 15.6 Å². The molecule has 0 aliphatic rings. The number of hydrogen-bond acceptors (Lipinski definition) is 2. The summed E-state index contributed by atoms with van der Waals surface area (Å²) in [6.07, 6.45) is 2.67. The number of rotatable bonds is 6. The van der Waals surface area contributed by atoms with Gasteiger partial charge in [0.25, 0.3) is 0 Å². The Balaban J connectivity index is 1.86. The molecule has 0 aliphatic carbocycles. The molecule has 0 atom stereocenters. The van der Waals surface area contributed by atoms with Crippen molar-refractivity contribution in [3.8, 4) is 0 Å². The van der Waals surface area contributed by atoms with E-state index in [1.807, 2.05) is 42.6 Å². The summed E-state index contributed by atoms with van der Waals surface area (Å²) in [5.74, 6) is 0.783. The first-order chi connectivity index (χ1) is 11.5. The SMILES string of the molecule is CN=C(NCCc1ccccn1)NCC(C)(C)c1ccccc1Cl. The number of aliphatic imine (C=N–C) groups is 1. The average molecular weight is 345 g/mol. The second-order valence-corrected chi connectivity index (χ2v) is 6.69. The molecule has 1 aromatic heterocycles. The predicted molar refractivity (Wildman–Crippen MR) is 102 cm³/mol. The van der Waals surface area contributed by atoms with Crippen molar-refractivity contribution in [3.63, 3.8) is 0 Å². The molecule has 2 rings (SSSR count). The van der Waals surface area contributed by atoms with Crippen LogP contribution in [0.1, 0.15) is 25.1 Å². The Bertz CT molecular complexity index is 668. The number of guanidine groups is 1. The average Bonchev–Trinajstić information content (AvgIpc) is 2.59. The number of nitrogens with one attached hydrogen (secondary N) is 2. The molecule has 0 aliphatic heterocycles. The molecule has 0 saturated heterocycles. The van der Waals surface area contributed by atoms with Gasteiger partial charge in [-0.25, -0.2) is 0 Å². The van der Waals surface area contributed by atoms with Gasteiger partial charge in [0.1, 0.15) is 0 Å². The van der Waals surface area contributed by atoms with Crippen LogP contribution in [0, 0.1) is 0 Å². The maximum absolute atomic E-state index is 6.33. The number of pyridine rings is 1. The molecule has 0 amide bonds. The van der Waals surface area contributed by atoms with Gasteiger partial charge < -0.3 is 10.6 Å². The molecule has 4 nitrogen and oxygen atoms in total. The lowest BCUT2D eigenvalue weighted by molar-refractivity contribution is 0.509. The third-order valence-electron chi connectivity index (χ3n) is 3.92. The maximum Gasteiger partial charge on any atom is 0.191 e. The summed E-state index contributed by atoms with van der Waals surface area (Å²) in [7, 11) is 1.78. The fourth-order valence-corrected chi connectivity index (χ4v) is 2.88. The van der Waals surface area contributed by atoms with Crippen molar-refractivity contribution in [1.29, 1.82) is 0 Å². The largest absolute Gasteiger partial charge is 0.356 e. The van der Waals surface area contributed by atoms with E-state index in [4.69, 9.17) is 11.6 Å². The molecule has 1 heterocycles. The van der Waals surface area contributed by atoms with Crippen LogP contribution >= 0.6 is 11.6 Å². The van der Waals surface area contributed by atoms with Crippen molar-refractivity contribution < 1.29 is 0 Å². The first-order valence-electron chi connectivity index (χ1n) is 8.12. The van der Waals surface area contributed by atoms with E-state index in [2.05, 4.69) is 40.5 Å². The first-order valence-corrected chi connectivity index (χ1v) is 8.50. The van der Waals surface area contributed by atoms with E-state index in [0.717, 1.165) is 41.7 Å². The minimum absolute atomic E-state index is 0.100. The number of benzene rings is 1. The monoisotopic (exact) mass is 344 g/mol. The van der Waals surface area contributed by atoms with Crippen molar-refractivity contribution in [2.75, 3.05) is 20.1 Å². The molecule has 0 unspecified atom stereocenters. The number of hydrogen-bond donors (Lipinski definition) is 2. The van der Waals surface area contributed by atoms with E-state index < -0.39 is 0 Å². The third kappa shape index (κ3) is 5.24.